The lowest BCUT2D eigenvalue weighted by atomic mass is 10.5. The lowest BCUT2D eigenvalue weighted by molar-refractivity contribution is 0.310. The van der Waals surface area contributed by atoms with Crippen molar-refractivity contribution in [2.75, 3.05) is 19.7 Å². The van der Waals surface area contributed by atoms with Crippen LogP contribution < -0.4 is 15.8 Å². The van der Waals surface area contributed by atoms with Crippen LogP contribution in [0.4, 0.5) is 0 Å². The third kappa shape index (κ3) is 5.97. The summed E-state index contributed by atoms with van der Waals surface area (Å²) in [5.41, 5.74) is 5.61. The summed E-state index contributed by atoms with van der Waals surface area (Å²) in [6.45, 7) is 3.84. The minimum absolute atomic E-state index is 0.444. The van der Waals surface area contributed by atoms with Crippen molar-refractivity contribution >= 4 is 17.6 Å². The van der Waals surface area contributed by atoms with Crippen molar-refractivity contribution in [2.24, 2.45) is 10.7 Å². The molecule has 0 aliphatic rings. The fourth-order valence-electron chi connectivity index (χ4n) is 1.07. The van der Waals surface area contributed by atoms with Crippen LogP contribution in [-0.2, 0) is 0 Å². The van der Waals surface area contributed by atoms with E-state index in [1.165, 1.54) is 0 Å². The van der Waals surface area contributed by atoms with Gasteiger partial charge in [0, 0.05) is 18.8 Å². The van der Waals surface area contributed by atoms with Crippen LogP contribution in [0.1, 0.15) is 13.3 Å². The van der Waals surface area contributed by atoms with Gasteiger partial charge in [0.15, 0.2) is 5.96 Å². The first-order valence-electron chi connectivity index (χ1n) is 5.50. The van der Waals surface area contributed by atoms with E-state index < -0.39 is 0 Å². The van der Waals surface area contributed by atoms with E-state index in [1.807, 2.05) is 6.92 Å². The summed E-state index contributed by atoms with van der Waals surface area (Å²) >= 11 is 5.70. The van der Waals surface area contributed by atoms with Gasteiger partial charge in [-0.1, -0.05) is 18.5 Å². The maximum Gasteiger partial charge on any atom is 0.213 e. The summed E-state index contributed by atoms with van der Waals surface area (Å²) in [6.07, 6.45) is 2.52. The Bertz CT molecular complexity index is 353. The average molecular weight is 257 g/mol. The number of aromatic nitrogens is 1. The van der Waals surface area contributed by atoms with Crippen LogP contribution in [0.15, 0.2) is 23.3 Å². The number of rotatable bonds is 6. The van der Waals surface area contributed by atoms with E-state index in [1.54, 1.807) is 18.3 Å². The molecule has 1 aromatic rings. The van der Waals surface area contributed by atoms with Gasteiger partial charge in [0.25, 0.3) is 0 Å². The fourth-order valence-corrected chi connectivity index (χ4v) is 1.18. The highest BCUT2D eigenvalue weighted by atomic mass is 35.5. The molecular formula is C11H17ClN4O. The Balaban J connectivity index is 2.18. The van der Waals surface area contributed by atoms with Gasteiger partial charge in [0.05, 0.1) is 11.6 Å². The lowest BCUT2D eigenvalue weighted by Crippen LogP contribution is -2.34. The molecule has 0 fully saturated rings. The number of nitrogens with zero attached hydrogens (tertiary/aromatic N) is 2. The second-order valence-electron chi connectivity index (χ2n) is 3.36. The number of halogens is 1. The van der Waals surface area contributed by atoms with Crippen LogP contribution in [0.2, 0.25) is 5.02 Å². The molecule has 3 N–H and O–H groups in total. The molecule has 0 bridgehead atoms. The van der Waals surface area contributed by atoms with Crippen LogP contribution in [0.3, 0.4) is 0 Å². The van der Waals surface area contributed by atoms with Gasteiger partial charge in [-0.15, -0.1) is 0 Å². The van der Waals surface area contributed by atoms with E-state index in [9.17, 15) is 0 Å². The predicted octanol–water partition coefficient (Wildman–Crippen LogP) is 1.43. The summed E-state index contributed by atoms with van der Waals surface area (Å²) < 4.78 is 5.37. The summed E-state index contributed by atoms with van der Waals surface area (Å²) in [5.74, 6) is 0.986. The second kappa shape index (κ2) is 7.73. The van der Waals surface area contributed by atoms with E-state index in [-0.39, 0.29) is 0 Å². The first-order chi connectivity index (χ1) is 8.22. The predicted molar refractivity (Wildman–Crippen MR) is 69.5 cm³/mol. The standard InChI is InChI=1S/C11H17ClN4O/c1-2-5-14-11(13)15-6-7-17-10-4-3-9(12)8-16-10/h3-4,8H,2,5-7H2,1H3,(H3,13,14,15). The number of nitrogens with two attached hydrogens (primary N) is 1. The Morgan fingerprint density at radius 1 is 1.59 bits per heavy atom. The minimum atomic E-state index is 0.444. The fraction of sp³-hybridized carbons (Fsp3) is 0.455. The molecule has 0 aliphatic heterocycles. The van der Waals surface area contributed by atoms with E-state index in [0.717, 1.165) is 13.0 Å². The molecule has 1 rings (SSSR count). The Labute approximate surface area is 106 Å². The Kier molecular flexibility index (Phi) is 6.17. The Morgan fingerprint density at radius 3 is 3.06 bits per heavy atom. The Morgan fingerprint density at radius 2 is 2.41 bits per heavy atom. The lowest BCUT2D eigenvalue weighted by Gasteiger charge is -2.07. The van der Waals surface area contributed by atoms with Gasteiger partial charge in [-0.05, 0) is 12.5 Å². The zero-order valence-corrected chi connectivity index (χ0v) is 10.6. The number of hydrogen-bond acceptors (Lipinski definition) is 3. The van der Waals surface area contributed by atoms with Gasteiger partial charge >= 0.3 is 0 Å². The maximum atomic E-state index is 5.70. The van der Waals surface area contributed by atoms with Gasteiger partial charge in [-0.2, -0.15) is 0 Å². The molecule has 6 heteroatoms. The first kappa shape index (κ1) is 13.6. The SMILES string of the molecule is CCCN=C(N)NCCOc1ccc(Cl)cn1. The van der Waals surface area contributed by atoms with E-state index in [2.05, 4.69) is 15.3 Å². The van der Waals surface area contributed by atoms with Crippen molar-refractivity contribution in [3.8, 4) is 5.88 Å². The van der Waals surface area contributed by atoms with E-state index in [4.69, 9.17) is 22.1 Å². The Hall–Kier alpha value is -1.49. The molecule has 0 spiro atoms. The van der Waals surface area contributed by atoms with Crippen LogP contribution in [-0.4, -0.2) is 30.6 Å². The minimum Gasteiger partial charge on any atom is -0.476 e. The van der Waals surface area contributed by atoms with Crippen molar-refractivity contribution in [1.82, 2.24) is 10.3 Å². The van der Waals surface area contributed by atoms with E-state index >= 15 is 0 Å². The van der Waals surface area contributed by atoms with Crippen LogP contribution in [0.25, 0.3) is 0 Å². The molecule has 0 amide bonds. The zero-order chi connectivity index (χ0) is 12.5. The molecule has 1 heterocycles. The van der Waals surface area contributed by atoms with Crippen molar-refractivity contribution < 1.29 is 4.74 Å². The topological polar surface area (TPSA) is 72.5 Å². The zero-order valence-electron chi connectivity index (χ0n) is 9.82. The number of pyridine rings is 1. The molecule has 0 unspecified atom stereocenters. The monoisotopic (exact) mass is 256 g/mol. The largest absolute Gasteiger partial charge is 0.476 e. The number of nitrogens with one attached hydrogen (secondary N) is 1. The van der Waals surface area contributed by atoms with Crippen LogP contribution in [0.5, 0.6) is 5.88 Å². The van der Waals surface area contributed by atoms with Gasteiger partial charge in [-0.3, -0.25) is 4.99 Å². The first-order valence-corrected chi connectivity index (χ1v) is 5.88. The summed E-state index contributed by atoms with van der Waals surface area (Å²) in [5, 5.41) is 3.54. The highest BCUT2D eigenvalue weighted by Crippen LogP contribution is 2.10. The normalized spacial score (nSPS) is 11.3. The van der Waals surface area contributed by atoms with Crippen LogP contribution in [0, 0.1) is 0 Å². The number of aliphatic imine (C=N–C) groups is 1. The average Bonchev–Trinajstić information content (AvgIpc) is 2.34. The highest BCUT2D eigenvalue weighted by molar-refractivity contribution is 6.30. The quantitative estimate of drug-likeness (QED) is 0.459. The molecule has 94 valence electrons. The molecule has 0 atom stereocenters. The van der Waals surface area contributed by atoms with Crippen LogP contribution >= 0.6 is 11.6 Å². The summed E-state index contributed by atoms with van der Waals surface area (Å²) in [6, 6.07) is 3.45. The van der Waals surface area contributed by atoms with Crippen molar-refractivity contribution in [3.63, 3.8) is 0 Å². The smallest absolute Gasteiger partial charge is 0.213 e. The van der Waals surface area contributed by atoms with Crippen molar-refractivity contribution in [1.29, 1.82) is 0 Å². The number of ether oxygens (including phenoxy) is 1. The van der Waals surface area contributed by atoms with Gasteiger partial charge in [0.1, 0.15) is 6.61 Å². The number of guanidine groups is 1. The molecule has 17 heavy (non-hydrogen) atoms. The molecule has 0 saturated heterocycles. The summed E-state index contributed by atoms with van der Waals surface area (Å²) in [4.78, 5) is 8.09. The molecule has 1 aromatic heterocycles. The summed E-state index contributed by atoms with van der Waals surface area (Å²) in [7, 11) is 0. The number of hydrogen-bond donors (Lipinski definition) is 2. The molecule has 0 aliphatic carbocycles. The molecule has 0 aromatic carbocycles. The van der Waals surface area contributed by atoms with Gasteiger partial charge < -0.3 is 15.8 Å². The highest BCUT2D eigenvalue weighted by Gasteiger charge is 1.95. The van der Waals surface area contributed by atoms with Gasteiger partial charge in [0.2, 0.25) is 5.88 Å². The molecular weight excluding hydrogens is 240 g/mol. The third-order valence-corrected chi connectivity index (χ3v) is 2.09. The van der Waals surface area contributed by atoms with E-state index in [0.29, 0.717) is 30.0 Å². The van der Waals surface area contributed by atoms with Gasteiger partial charge in [-0.25, -0.2) is 4.98 Å². The maximum absolute atomic E-state index is 5.70. The molecule has 0 radical (unpaired) electrons. The third-order valence-electron chi connectivity index (χ3n) is 1.86. The molecule has 5 nitrogen and oxygen atoms in total. The second-order valence-corrected chi connectivity index (χ2v) is 3.79. The molecule has 0 saturated carbocycles. The van der Waals surface area contributed by atoms with Crippen molar-refractivity contribution in [3.05, 3.63) is 23.4 Å². The van der Waals surface area contributed by atoms with Crippen molar-refractivity contribution in [2.45, 2.75) is 13.3 Å².